The van der Waals surface area contributed by atoms with E-state index in [1.165, 1.54) is 12.1 Å². The van der Waals surface area contributed by atoms with Gasteiger partial charge in [0.1, 0.15) is 16.9 Å². The third-order valence-corrected chi connectivity index (χ3v) is 7.71. The number of aromatic nitrogens is 1. The van der Waals surface area contributed by atoms with Crippen molar-refractivity contribution in [2.75, 3.05) is 6.61 Å². The van der Waals surface area contributed by atoms with Crippen LogP contribution in [0.1, 0.15) is 26.3 Å². The molecule has 4 aromatic rings. The minimum absolute atomic E-state index is 0. The number of fused-ring (bicyclic) bond motifs is 1. The van der Waals surface area contributed by atoms with Crippen molar-refractivity contribution in [1.82, 2.24) is 4.57 Å². The molecule has 3 aromatic carbocycles. The van der Waals surface area contributed by atoms with Gasteiger partial charge < -0.3 is 23.5 Å². The van der Waals surface area contributed by atoms with Gasteiger partial charge in [0.25, 0.3) is 0 Å². The number of ether oxygens (including phenoxy) is 2. The van der Waals surface area contributed by atoms with Gasteiger partial charge in [-0.05, 0) is 92.9 Å². The van der Waals surface area contributed by atoms with E-state index in [1.54, 1.807) is 66.9 Å². The molecule has 1 N–H and O–H groups in total. The van der Waals surface area contributed by atoms with Crippen LogP contribution in [0, 0.1) is 6.92 Å². The number of alkyl halides is 3. The third-order valence-electron chi connectivity index (χ3n) is 5.72. The quantitative estimate of drug-likeness (QED) is 0.174. The molecule has 12 heteroatoms. The van der Waals surface area contributed by atoms with Crippen LogP contribution in [0.5, 0.6) is 11.5 Å². The molecule has 0 radical (unpaired) electrons. The summed E-state index contributed by atoms with van der Waals surface area (Å²) in [6.07, 6.45) is -4.92. The van der Waals surface area contributed by atoms with E-state index in [0.29, 0.717) is 39.0 Å². The summed E-state index contributed by atoms with van der Waals surface area (Å²) in [6.45, 7) is 7.18. The van der Waals surface area contributed by atoms with E-state index in [2.05, 4.69) is 4.74 Å². The maximum atomic E-state index is 13.3. The van der Waals surface area contributed by atoms with Crippen molar-refractivity contribution in [2.24, 2.45) is 0 Å². The van der Waals surface area contributed by atoms with Crippen LogP contribution in [-0.4, -0.2) is 58.1 Å². The Morgan fingerprint density at radius 2 is 1.64 bits per heavy atom. The summed E-state index contributed by atoms with van der Waals surface area (Å²) in [5.41, 5.74) is 2.83. The molecule has 0 aliphatic heterocycles. The van der Waals surface area contributed by atoms with E-state index in [1.807, 2.05) is 13.8 Å². The molecule has 0 bridgehead atoms. The van der Waals surface area contributed by atoms with Gasteiger partial charge in [0.2, 0.25) is 0 Å². The summed E-state index contributed by atoms with van der Waals surface area (Å²) in [5.74, 6) is 0.129. The van der Waals surface area contributed by atoms with Crippen LogP contribution in [0.2, 0.25) is 5.02 Å². The van der Waals surface area contributed by atoms with Gasteiger partial charge in [-0.3, -0.25) is 4.57 Å². The van der Waals surface area contributed by atoms with Crippen LogP contribution < -0.4 is 14.9 Å². The Bertz CT molecular complexity index is 1520. The Morgan fingerprint density at radius 1 is 1.03 bits per heavy atom. The van der Waals surface area contributed by atoms with Crippen molar-refractivity contribution in [3.05, 3.63) is 71.2 Å². The summed E-state index contributed by atoms with van der Waals surface area (Å²) in [5, 5.41) is 0.446. The van der Waals surface area contributed by atoms with Crippen LogP contribution in [0.3, 0.4) is 0 Å². The van der Waals surface area contributed by atoms with E-state index in [-0.39, 0.29) is 52.7 Å². The molecule has 0 spiro atoms. The zero-order valence-electron chi connectivity index (χ0n) is 21.0. The van der Waals surface area contributed by atoms with Crippen molar-refractivity contribution in [3.8, 4) is 28.3 Å². The first-order valence-electron chi connectivity index (χ1n) is 11.8. The van der Waals surface area contributed by atoms with Crippen molar-refractivity contribution < 1.29 is 36.6 Å². The second kappa shape index (κ2) is 12.3. The second-order valence-corrected chi connectivity index (χ2v) is 10.9. The zero-order valence-corrected chi connectivity index (χ0v) is 22.7. The van der Waals surface area contributed by atoms with Gasteiger partial charge in [0.15, 0.2) is 0 Å². The third kappa shape index (κ3) is 7.03. The first kappa shape index (κ1) is 31.6. The number of rotatable bonds is 8. The Kier molecular flexibility index (Phi) is 9.93. The number of hydrogen-bond donors (Lipinski definition) is 1. The van der Waals surface area contributed by atoms with Crippen LogP contribution >= 0.6 is 19.2 Å². The molecule has 1 heterocycles. The van der Waals surface area contributed by atoms with Crippen molar-refractivity contribution in [2.45, 2.75) is 40.2 Å². The first-order chi connectivity index (χ1) is 17.8. The van der Waals surface area contributed by atoms with Gasteiger partial charge in [0.05, 0.1) is 23.3 Å². The van der Waals surface area contributed by atoms with Gasteiger partial charge in [-0.15, -0.1) is 13.2 Å². The Labute approximate surface area is 251 Å². The normalized spacial score (nSPS) is 13.3. The van der Waals surface area contributed by atoms with Crippen LogP contribution in [0.15, 0.2) is 60.7 Å². The van der Waals surface area contributed by atoms with Gasteiger partial charge in [-0.25, -0.2) is 0 Å². The van der Waals surface area contributed by atoms with Gasteiger partial charge in [-0.2, -0.15) is 0 Å². The number of aryl methyl sites for hydroxylation is 1. The van der Waals surface area contributed by atoms with Crippen LogP contribution in [0.25, 0.3) is 27.7 Å². The summed E-state index contributed by atoms with van der Waals surface area (Å²) in [7, 11) is -4.25. The number of halogens is 4. The summed E-state index contributed by atoms with van der Waals surface area (Å²) in [4.78, 5) is 10.9. The predicted molar refractivity (Wildman–Crippen MR) is 149 cm³/mol. The monoisotopic (exact) mass is 591 g/mol. The molecule has 1 atom stereocenters. The molecule has 204 valence electrons. The molecule has 6 nitrogen and oxygen atoms in total. The molecule has 0 aliphatic carbocycles. The van der Waals surface area contributed by atoms with E-state index in [0.717, 1.165) is 0 Å². The second-order valence-electron chi connectivity index (χ2n) is 8.81. The predicted octanol–water partition coefficient (Wildman–Crippen LogP) is 7.14. The average molecular weight is 592 g/mol. The van der Waals surface area contributed by atoms with Crippen molar-refractivity contribution in [1.29, 1.82) is 0 Å². The van der Waals surface area contributed by atoms with Crippen molar-refractivity contribution >= 4 is 65.1 Å². The molecule has 4 rings (SSSR count). The number of hydrogen-bond acceptors (Lipinski definition) is 4. The first-order valence-corrected chi connectivity index (χ1v) is 13.7. The van der Waals surface area contributed by atoms with Crippen LogP contribution in [0.4, 0.5) is 13.2 Å². The summed E-state index contributed by atoms with van der Waals surface area (Å²) < 4.78 is 68.5. The fourth-order valence-corrected chi connectivity index (χ4v) is 5.93. The van der Waals surface area contributed by atoms with E-state index in [9.17, 15) is 22.6 Å². The Hall–Kier alpha value is -1.97. The molecular formula is C27H27ClF3NNaO5P. The molecule has 1 aromatic heterocycles. The molecule has 0 amide bonds. The van der Waals surface area contributed by atoms with Crippen LogP contribution in [-0.2, 0) is 9.09 Å². The Balaban J connectivity index is 0.00000420. The van der Waals surface area contributed by atoms with Gasteiger partial charge in [-0.1, -0.05) is 23.7 Å². The van der Waals surface area contributed by atoms with E-state index < -0.39 is 19.7 Å². The van der Waals surface area contributed by atoms with E-state index in [4.69, 9.17) is 20.9 Å². The Morgan fingerprint density at radius 3 is 2.23 bits per heavy atom. The van der Waals surface area contributed by atoms with Gasteiger partial charge in [0, 0.05) is 11.1 Å². The fourth-order valence-electron chi connectivity index (χ4n) is 4.28. The number of benzene rings is 3. The molecule has 1 unspecified atom stereocenters. The molecule has 0 saturated carbocycles. The average Bonchev–Trinajstić information content (AvgIpc) is 3.12. The van der Waals surface area contributed by atoms with Gasteiger partial charge >= 0.3 is 43.5 Å². The van der Waals surface area contributed by atoms with E-state index >= 15 is 0 Å². The molecule has 0 fully saturated rings. The maximum absolute atomic E-state index is 13.3. The van der Waals surface area contributed by atoms with Crippen molar-refractivity contribution in [3.63, 3.8) is 0 Å². The molecule has 0 aliphatic rings. The molecular weight excluding hydrogens is 565 g/mol. The number of nitrogens with zero attached hydrogens (tertiary/aromatic N) is 1. The minimum atomic E-state index is -4.90. The zero-order chi connectivity index (χ0) is 27.8. The topological polar surface area (TPSA) is 69.9 Å². The summed E-state index contributed by atoms with van der Waals surface area (Å²) in [6, 6.07) is 16.4. The SMILES string of the molecule is CCOP(=O)(O)c1c(C)c2cc(-c3ccc(Cl)c(OC(F)(F)F)c3)ccc2n1-c1ccc(OC(C)C)cc1.[NaH]. The standard InChI is InChI=1S/C27H26ClF3NO5P.Na.H/c1-5-35-38(33,34)26-17(4)22-14-18(19-6-12-23(28)25(15-19)37-27(29,30)31)7-13-24(22)32(26)20-8-10-21(11-9-20)36-16(2)3;;/h6-16H,5H2,1-4H3,(H,33,34);;. The molecule has 0 saturated heterocycles. The molecule has 39 heavy (non-hydrogen) atoms. The summed E-state index contributed by atoms with van der Waals surface area (Å²) >= 11 is 5.91. The fraction of sp³-hybridized carbons (Fsp3) is 0.259.